The van der Waals surface area contributed by atoms with Gasteiger partial charge in [-0.2, -0.15) is 0 Å². The number of pyridine rings is 1. The molecular weight excluding hydrogens is 308 g/mol. The Kier molecular flexibility index (Phi) is 3.87. The molecule has 0 spiro atoms. The molecule has 2 aliphatic rings. The molecule has 0 aromatic carbocycles. The lowest BCUT2D eigenvalue weighted by Crippen LogP contribution is -2.27. The van der Waals surface area contributed by atoms with E-state index in [4.69, 9.17) is 0 Å². The van der Waals surface area contributed by atoms with Crippen LogP contribution in [0.3, 0.4) is 0 Å². The van der Waals surface area contributed by atoms with Crippen molar-refractivity contribution in [3.8, 4) is 0 Å². The van der Waals surface area contributed by atoms with Crippen LogP contribution in [0.4, 0.5) is 11.5 Å². The number of rotatable bonds is 3. The maximum Gasteiger partial charge on any atom is 0.311 e. The number of fused-ring (bicyclic) bond motifs is 1. The summed E-state index contributed by atoms with van der Waals surface area (Å²) in [4.78, 5) is 17.3. The Morgan fingerprint density at radius 1 is 1.17 bits per heavy atom. The van der Waals surface area contributed by atoms with Crippen molar-refractivity contribution in [2.45, 2.75) is 51.1 Å². The largest absolute Gasteiger partial charge is 0.341 e. The van der Waals surface area contributed by atoms with Gasteiger partial charge in [-0.1, -0.05) is 6.42 Å². The van der Waals surface area contributed by atoms with E-state index in [-0.39, 0.29) is 16.7 Å². The molecule has 126 valence electrons. The molecule has 24 heavy (non-hydrogen) atoms. The molecule has 2 aromatic heterocycles. The molecule has 0 bridgehead atoms. The normalized spacial score (nSPS) is 20.7. The minimum Gasteiger partial charge on any atom is -0.341 e. The Labute approximate surface area is 139 Å². The molecule has 8 heteroatoms. The van der Waals surface area contributed by atoms with Crippen LogP contribution in [0.5, 0.6) is 0 Å². The predicted octanol–water partition coefficient (Wildman–Crippen LogP) is 2.65. The third-order valence-corrected chi connectivity index (χ3v) is 4.92. The van der Waals surface area contributed by atoms with Gasteiger partial charge in [-0.15, -0.1) is 10.2 Å². The molecule has 4 heterocycles. The van der Waals surface area contributed by atoms with Gasteiger partial charge in [0.1, 0.15) is 5.82 Å². The van der Waals surface area contributed by atoms with E-state index in [9.17, 15) is 10.1 Å². The average Bonchev–Trinajstić information content (AvgIpc) is 3.15. The molecule has 1 unspecified atom stereocenters. The summed E-state index contributed by atoms with van der Waals surface area (Å²) in [6.07, 6.45) is 7.97. The van der Waals surface area contributed by atoms with Crippen molar-refractivity contribution in [3.05, 3.63) is 40.1 Å². The molecule has 2 aromatic rings. The summed E-state index contributed by atoms with van der Waals surface area (Å²) in [6, 6.07) is 3.13. The molecule has 0 saturated carbocycles. The lowest BCUT2D eigenvalue weighted by atomic mass is 10.2. The van der Waals surface area contributed by atoms with Gasteiger partial charge < -0.3 is 9.47 Å². The van der Waals surface area contributed by atoms with Crippen LogP contribution in [-0.2, 0) is 13.0 Å². The Morgan fingerprint density at radius 3 is 2.96 bits per heavy atom. The number of anilines is 1. The van der Waals surface area contributed by atoms with Gasteiger partial charge in [-0.25, -0.2) is 4.98 Å². The first-order valence-corrected chi connectivity index (χ1v) is 8.54. The van der Waals surface area contributed by atoms with E-state index in [1.54, 1.807) is 12.3 Å². The fraction of sp³-hybridized carbons (Fsp3) is 0.562. The smallest absolute Gasteiger partial charge is 0.311 e. The van der Waals surface area contributed by atoms with E-state index >= 15 is 0 Å². The Hall–Kier alpha value is -2.51. The monoisotopic (exact) mass is 328 g/mol. The quantitative estimate of drug-likeness (QED) is 0.635. The third-order valence-electron chi connectivity index (χ3n) is 4.92. The van der Waals surface area contributed by atoms with E-state index in [2.05, 4.69) is 19.7 Å². The highest BCUT2D eigenvalue weighted by atomic mass is 16.6. The highest BCUT2D eigenvalue weighted by Gasteiger charge is 2.35. The Bertz CT molecular complexity index is 759. The van der Waals surface area contributed by atoms with Crippen molar-refractivity contribution < 1.29 is 4.92 Å². The molecule has 0 amide bonds. The summed E-state index contributed by atoms with van der Waals surface area (Å²) >= 11 is 0. The summed E-state index contributed by atoms with van der Waals surface area (Å²) < 4.78 is 2.23. The van der Waals surface area contributed by atoms with Gasteiger partial charge >= 0.3 is 5.69 Å². The second-order valence-corrected chi connectivity index (χ2v) is 6.39. The molecule has 1 fully saturated rings. The SMILES string of the molecule is O=[N+]([O-])c1cccnc1N1CCCC1c1nnc2n1CCCCC2. The highest BCUT2D eigenvalue weighted by Crippen LogP contribution is 2.38. The zero-order valence-electron chi connectivity index (χ0n) is 13.5. The van der Waals surface area contributed by atoms with Crippen LogP contribution in [0.2, 0.25) is 0 Å². The van der Waals surface area contributed by atoms with Gasteiger partial charge in [-0.05, 0) is 31.7 Å². The number of nitrogens with zero attached hydrogens (tertiary/aromatic N) is 6. The van der Waals surface area contributed by atoms with E-state index in [0.29, 0.717) is 5.82 Å². The average molecular weight is 328 g/mol. The first-order valence-electron chi connectivity index (χ1n) is 8.54. The second-order valence-electron chi connectivity index (χ2n) is 6.39. The number of hydrogen-bond donors (Lipinski definition) is 0. The zero-order valence-corrected chi connectivity index (χ0v) is 13.5. The summed E-state index contributed by atoms with van der Waals surface area (Å²) in [7, 11) is 0. The van der Waals surface area contributed by atoms with Crippen molar-refractivity contribution in [3.63, 3.8) is 0 Å². The first-order chi connectivity index (χ1) is 11.8. The minimum absolute atomic E-state index is 0.0120. The Balaban J connectivity index is 1.72. The highest BCUT2D eigenvalue weighted by molar-refractivity contribution is 5.58. The first kappa shape index (κ1) is 15.0. The molecule has 4 rings (SSSR count). The van der Waals surface area contributed by atoms with E-state index in [0.717, 1.165) is 56.8 Å². The van der Waals surface area contributed by atoms with Crippen molar-refractivity contribution in [1.29, 1.82) is 0 Å². The third kappa shape index (κ3) is 2.51. The summed E-state index contributed by atoms with van der Waals surface area (Å²) in [5.41, 5.74) is 0.0556. The van der Waals surface area contributed by atoms with Crippen molar-refractivity contribution in [1.82, 2.24) is 19.7 Å². The molecule has 1 atom stereocenters. The predicted molar refractivity (Wildman–Crippen MR) is 87.8 cm³/mol. The van der Waals surface area contributed by atoms with Gasteiger partial charge in [0.25, 0.3) is 0 Å². The Morgan fingerprint density at radius 2 is 2.08 bits per heavy atom. The van der Waals surface area contributed by atoms with Crippen LogP contribution in [-0.4, -0.2) is 31.2 Å². The van der Waals surface area contributed by atoms with Crippen LogP contribution < -0.4 is 4.90 Å². The number of aromatic nitrogens is 4. The van der Waals surface area contributed by atoms with E-state index in [1.807, 2.05) is 4.90 Å². The van der Waals surface area contributed by atoms with Crippen LogP contribution in [0, 0.1) is 10.1 Å². The van der Waals surface area contributed by atoms with Crippen LogP contribution in [0.15, 0.2) is 18.3 Å². The van der Waals surface area contributed by atoms with Crippen molar-refractivity contribution in [2.75, 3.05) is 11.4 Å². The summed E-state index contributed by atoms with van der Waals surface area (Å²) in [5, 5.41) is 20.2. The van der Waals surface area contributed by atoms with E-state index < -0.39 is 0 Å². The van der Waals surface area contributed by atoms with Crippen molar-refractivity contribution >= 4 is 11.5 Å². The van der Waals surface area contributed by atoms with Gasteiger partial charge in [-0.3, -0.25) is 10.1 Å². The fourth-order valence-electron chi connectivity index (χ4n) is 3.79. The summed E-state index contributed by atoms with van der Waals surface area (Å²) in [6.45, 7) is 1.69. The number of aryl methyl sites for hydroxylation is 1. The lowest BCUT2D eigenvalue weighted by Gasteiger charge is -2.25. The molecular formula is C16H20N6O2. The maximum absolute atomic E-state index is 11.4. The zero-order chi connectivity index (χ0) is 16.5. The van der Waals surface area contributed by atoms with Gasteiger partial charge in [0.15, 0.2) is 5.82 Å². The number of hydrogen-bond acceptors (Lipinski definition) is 6. The molecule has 0 N–H and O–H groups in total. The summed E-state index contributed by atoms with van der Waals surface area (Å²) in [5.74, 6) is 2.42. The van der Waals surface area contributed by atoms with Gasteiger partial charge in [0, 0.05) is 31.8 Å². The standard InChI is InChI=1S/C16H20N6O2/c23-22(24)13-6-4-9-17-15(13)20-11-5-7-12(20)16-19-18-14-8-2-1-3-10-21(14)16/h4,6,9,12H,1-3,5,7-8,10-11H2. The fourth-order valence-corrected chi connectivity index (χ4v) is 3.79. The van der Waals surface area contributed by atoms with Crippen LogP contribution in [0.25, 0.3) is 0 Å². The minimum atomic E-state index is -0.359. The van der Waals surface area contributed by atoms with Gasteiger partial charge in [0.05, 0.1) is 11.0 Å². The molecule has 0 radical (unpaired) electrons. The molecule has 1 saturated heterocycles. The second kappa shape index (κ2) is 6.18. The molecule has 2 aliphatic heterocycles. The van der Waals surface area contributed by atoms with E-state index in [1.165, 1.54) is 12.5 Å². The topological polar surface area (TPSA) is 90.0 Å². The van der Waals surface area contributed by atoms with Crippen LogP contribution >= 0.6 is 0 Å². The number of nitro groups is 1. The maximum atomic E-state index is 11.4. The van der Waals surface area contributed by atoms with Crippen LogP contribution in [0.1, 0.15) is 49.8 Å². The molecule has 8 nitrogen and oxygen atoms in total. The lowest BCUT2D eigenvalue weighted by molar-refractivity contribution is -0.384. The molecule has 0 aliphatic carbocycles. The van der Waals surface area contributed by atoms with Gasteiger partial charge in [0.2, 0.25) is 5.82 Å². The van der Waals surface area contributed by atoms with Crippen molar-refractivity contribution in [2.24, 2.45) is 0 Å².